The van der Waals surface area contributed by atoms with Crippen LogP contribution in [0.1, 0.15) is 65.3 Å². The SMILES string of the molecule is CNC(=O)[C@H](CC1CCCC1)NC(=O)c1ccc([C@H](C)Nc2cc(Cl)cnc2C)s1. The summed E-state index contributed by atoms with van der Waals surface area (Å²) in [4.78, 5) is 31.0. The molecule has 1 fully saturated rings. The van der Waals surface area contributed by atoms with Crippen LogP contribution in [-0.2, 0) is 4.79 Å². The van der Waals surface area contributed by atoms with Crippen LogP contribution in [0, 0.1) is 12.8 Å². The van der Waals surface area contributed by atoms with Gasteiger partial charge in [-0.25, -0.2) is 0 Å². The molecule has 1 aliphatic carbocycles. The van der Waals surface area contributed by atoms with E-state index in [0.717, 1.165) is 29.1 Å². The Hall–Kier alpha value is -2.12. The number of nitrogens with one attached hydrogen (secondary N) is 3. The molecular weight excluding hydrogens is 420 g/mol. The van der Waals surface area contributed by atoms with Crippen LogP contribution >= 0.6 is 22.9 Å². The predicted molar refractivity (Wildman–Crippen MR) is 122 cm³/mol. The topological polar surface area (TPSA) is 83.1 Å². The van der Waals surface area contributed by atoms with Gasteiger partial charge in [0, 0.05) is 18.1 Å². The molecule has 30 heavy (non-hydrogen) atoms. The number of aryl methyl sites for hydroxylation is 1. The van der Waals surface area contributed by atoms with Gasteiger partial charge in [0.05, 0.1) is 27.3 Å². The Kier molecular flexibility index (Phi) is 7.72. The number of likely N-dealkylation sites (N-methyl/N-ethyl adjacent to an activating group) is 1. The molecular formula is C22H29ClN4O2S. The number of amides is 2. The Labute approximate surface area is 186 Å². The Bertz CT molecular complexity index is 895. The normalized spacial score (nSPS) is 16.1. The summed E-state index contributed by atoms with van der Waals surface area (Å²) in [5.74, 6) is 0.168. The average Bonchev–Trinajstić information content (AvgIpc) is 3.41. The minimum atomic E-state index is -0.494. The van der Waals surface area contributed by atoms with Gasteiger partial charge in [-0.1, -0.05) is 37.3 Å². The first-order valence-corrected chi connectivity index (χ1v) is 11.6. The molecule has 0 saturated heterocycles. The highest BCUT2D eigenvalue weighted by molar-refractivity contribution is 7.14. The van der Waals surface area contributed by atoms with E-state index in [1.54, 1.807) is 13.2 Å². The lowest BCUT2D eigenvalue weighted by Crippen LogP contribution is -2.46. The zero-order valence-electron chi connectivity index (χ0n) is 17.6. The van der Waals surface area contributed by atoms with Crippen molar-refractivity contribution in [2.45, 2.75) is 58.0 Å². The molecule has 1 saturated carbocycles. The van der Waals surface area contributed by atoms with E-state index in [0.29, 0.717) is 22.2 Å². The van der Waals surface area contributed by atoms with Crippen LogP contribution in [0.2, 0.25) is 5.02 Å². The highest BCUT2D eigenvalue weighted by Crippen LogP contribution is 2.30. The molecule has 0 radical (unpaired) electrons. The van der Waals surface area contributed by atoms with E-state index in [4.69, 9.17) is 11.6 Å². The lowest BCUT2D eigenvalue weighted by atomic mass is 9.98. The van der Waals surface area contributed by atoms with Crippen LogP contribution in [0.3, 0.4) is 0 Å². The zero-order chi connectivity index (χ0) is 21.7. The molecule has 3 rings (SSSR count). The smallest absolute Gasteiger partial charge is 0.262 e. The molecule has 6 nitrogen and oxygen atoms in total. The lowest BCUT2D eigenvalue weighted by Gasteiger charge is -2.20. The molecule has 0 aromatic carbocycles. The summed E-state index contributed by atoms with van der Waals surface area (Å²) in [7, 11) is 1.61. The third-order valence-electron chi connectivity index (χ3n) is 5.61. The van der Waals surface area contributed by atoms with Crippen molar-refractivity contribution in [3.63, 3.8) is 0 Å². The Morgan fingerprint density at radius 1 is 1.30 bits per heavy atom. The third-order valence-corrected chi connectivity index (χ3v) is 7.09. The standard InChI is InChI=1S/C22H29ClN4O2S/c1-13-17(11-16(23)12-25-13)26-14(2)19-8-9-20(30-19)22(29)27-18(21(28)24-3)10-15-6-4-5-7-15/h8-9,11-12,14-15,18,26H,4-7,10H2,1-3H3,(H,24,28)(H,27,29)/t14-,18-/m0/s1. The number of thiophene rings is 1. The molecule has 0 bridgehead atoms. The van der Waals surface area contributed by atoms with Crippen LogP contribution in [0.15, 0.2) is 24.4 Å². The van der Waals surface area contributed by atoms with Gasteiger partial charge in [0.25, 0.3) is 5.91 Å². The number of rotatable bonds is 8. The minimum absolute atomic E-state index is 0.0104. The number of nitrogens with zero attached hydrogens (tertiary/aromatic N) is 1. The molecule has 3 N–H and O–H groups in total. The predicted octanol–water partition coefficient (Wildman–Crippen LogP) is 4.70. The average molecular weight is 449 g/mol. The van der Waals surface area contributed by atoms with Gasteiger partial charge in [0.15, 0.2) is 0 Å². The molecule has 2 atom stereocenters. The largest absolute Gasteiger partial charge is 0.376 e. The highest BCUT2D eigenvalue weighted by atomic mass is 35.5. The monoisotopic (exact) mass is 448 g/mol. The molecule has 2 heterocycles. The van der Waals surface area contributed by atoms with Gasteiger partial charge in [-0.3, -0.25) is 14.6 Å². The second-order valence-electron chi connectivity index (χ2n) is 7.88. The summed E-state index contributed by atoms with van der Waals surface area (Å²) in [6.45, 7) is 3.95. The number of aromatic nitrogens is 1. The summed E-state index contributed by atoms with van der Waals surface area (Å²) >= 11 is 7.48. The van der Waals surface area contributed by atoms with Gasteiger partial charge >= 0.3 is 0 Å². The first kappa shape index (κ1) is 22.6. The number of anilines is 1. The molecule has 0 spiro atoms. The molecule has 1 aliphatic rings. The van der Waals surface area contributed by atoms with Crippen molar-refractivity contribution in [3.05, 3.63) is 44.9 Å². The number of hydrogen-bond acceptors (Lipinski definition) is 5. The summed E-state index contributed by atoms with van der Waals surface area (Å²) in [6, 6.07) is 5.10. The first-order chi connectivity index (χ1) is 14.4. The van der Waals surface area contributed by atoms with Gasteiger partial charge in [0.2, 0.25) is 5.91 Å². The fourth-order valence-electron chi connectivity index (χ4n) is 3.88. The van der Waals surface area contributed by atoms with Gasteiger partial charge < -0.3 is 16.0 Å². The van der Waals surface area contributed by atoms with Gasteiger partial charge in [-0.05, 0) is 44.4 Å². The van der Waals surface area contributed by atoms with Crippen LogP contribution in [0.5, 0.6) is 0 Å². The van der Waals surface area contributed by atoms with Crippen molar-refractivity contribution in [2.24, 2.45) is 5.92 Å². The zero-order valence-corrected chi connectivity index (χ0v) is 19.2. The van der Waals surface area contributed by atoms with E-state index in [2.05, 4.69) is 20.9 Å². The molecule has 162 valence electrons. The van der Waals surface area contributed by atoms with Crippen LogP contribution in [0.25, 0.3) is 0 Å². The fourth-order valence-corrected chi connectivity index (χ4v) is 4.95. The van der Waals surface area contributed by atoms with Gasteiger partial charge in [-0.2, -0.15) is 0 Å². The third kappa shape index (κ3) is 5.73. The van der Waals surface area contributed by atoms with E-state index in [-0.39, 0.29) is 17.9 Å². The second kappa shape index (κ2) is 10.3. The number of hydrogen-bond donors (Lipinski definition) is 3. The summed E-state index contributed by atoms with van der Waals surface area (Å²) in [5.41, 5.74) is 1.73. The Balaban J connectivity index is 1.65. The van der Waals surface area contributed by atoms with E-state index in [1.165, 1.54) is 24.2 Å². The number of halogens is 1. The van der Waals surface area contributed by atoms with Gasteiger partial charge in [-0.15, -0.1) is 11.3 Å². The maximum Gasteiger partial charge on any atom is 0.262 e. The summed E-state index contributed by atoms with van der Waals surface area (Å²) in [6.07, 6.45) is 7.00. The van der Waals surface area contributed by atoms with Crippen molar-refractivity contribution in [1.82, 2.24) is 15.6 Å². The minimum Gasteiger partial charge on any atom is -0.376 e. The van der Waals surface area contributed by atoms with Crippen LogP contribution in [0.4, 0.5) is 5.69 Å². The summed E-state index contributed by atoms with van der Waals surface area (Å²) in [5, 5.41) is 9.60. The fraction of sp³-hybridized carbons (Fsp3) is 0.500. The van der Waals surface area contributed by atoms with Crippen LogP contribution in [-0.4, -0.2) is 29.9 Å². The highest BCUT2D eigenvalue weighted by Gasteiger charge is 2.27. The molecule has 8 heteroatoms. The van der Waals surface area contributed by atoms with Crippen molar-refractivity contribution >= 4 is 40.4 Å². The molecule has 2 aromatic rings. The molecule has 2 amide bonds. The first-order valence-electron chi connectivity index (χ1n) is 10.4. The van der Waals surface area contributed by atoms with E-state index in [1.807, 2.05) is 32.0 Å². The Morgan fingerprint density at radius 3 is 2.73 bits per heavy atom. The number of carbonyl (C=O) groups is 2. The van der Waals surface area contributed by atoms with Crippen molar-refractivity contribution in [1.29, 1.82) is 0 Å². The summed E-state index contributed by atoms with van der Waals surface area (Å²) < 4.78 is 0. The second-order valence-corrected chi connectivity index (χ2v) is 9.43. The number of carbonyl (C=O) groups excluding carboxylic acids is 2. The van der Waals surface area contributed by atoms with Gasteiger partial charge in [0.1, 0.15) is 6.04 Å². The lowest BCUT2D eigenvalue weighted by molar-refractivity contribution is -0.122. The van der Waals surface area contributed by atoms with E-state index >= 15 is 0 Å². The Morgan fingerprint density at radius 2 is 2.03 bits per heavy atom. The van der Waals surface area contributed by atoms with Crippen molar-refractivity contribution in [2.75, 3.05) is 12.4 Å². The van der Waals surface area contributed by atoms with Crippen molar-refractivity contribution in [3.8, 4) is 0 Å². The van der Waals surface area contributed by atoms with Crippen molar-refractivity contribution < 1.29 is 9.59 Å². The molecule has 2 aromatic heterocycles. The maximum atomic E-state index is 12.8. The maximum absolute atomic E-state index is 12.8. The van der Waals surface area contributed by atoms with E-state index in [9.17, 15) is 9.59 Å². The van der Waals surface area contributed by atoms with Crippen LogP contribution < -0.4 is 16.0 Å². The van der Waals surface area contributed by atoms with E-state index < -0.39 is 6.04 Å². The molecule has 0 aliphatic heterocycles. The number of pyridine rings is 1. The quantitative estimate of drug-likeness (QED) is 0.546. The molecule has 0 unspecified atom stereocenters.